The largest absolute Gasteiger partial charge is 0.466 e. The molecule has 0 saturated heterocycles. The molecule has 1 saturated carbocycles. The molecule has 1 amide bonds. The molecule has 3 unspecified atom stereocenters. The summed E-state index contributed by atoms with van der Waals surface area (Å²) in [6.45, 7) is 5.73. The summed E-state index contributed by atoms with van der Waals surface area (Å²) in [4.78, 5) is 12.1. The fraction of sp³-hybridized carbons (Fsp3) is 0.643. The van der Waals surface area contributed by atoms with Crippen LogP contribution in [-0.2, 0) is 4.79 Å². The van der Waals surface area contributed by atoms with E-state index in [0.717, 1.165) is 36.3 Å². The second kappa shape index (κ2) is 5.14. The van der Waals surface area contributed by atoms with E-state index in [1.807, 2.05) is 26.8 Å². The van der Waals surface area contributed by atoms with Crippen molar-refractivity contribution in [3.8, 4) is 0 Å². The molecule has 100 valence electrons. The summed E-state index contributed by atoms with van der Waals surface area (Å²) in [6, 6.07) is 1.87. The molecule has 2 N–H and O–H groups in total. The molecule has 1 aromatic heterocycles. The quantitative estimate of drug-likeness (QED) is 0.866. The molecule has 3 atom stereocenters. The van der Waals surface area contributed by atoms with Crippen LogP contribution in [0.2, 0.25) is 0 Å². The number of hydrogen-bond donors (Lipinski definition) is 2. The van der Waals surface area contributed by atoms with Crippen LogP contribution in [0.5, 0.6) is 0 Å². The first kappa shape index (κ1) is 13.1. The highest BCUT2D eigenvalue weighted by Crippen LogP contribution is 2.27. The van der Waals surface area contributed by atoms with Gasteiger partial charge < -0.3 is 14.8 Å². The van der Waals surface area contributed by atoms with Gasteiger partial charge in [-0.25, -0.2) is 0 Å². The van der Waals surface area contributed by atoms with Crippen LogP contribution >= 0.6 is 0 Å². The Kier molecular flexibility index (Phi) is 3.76. The van der Waals surface area contributed by atoms with Crippen LogP contribution in [0.4, 0.5) is 0 Å². The Balaban J connectivity index is 2.01. The highest BCUT2D eigenvalue weighted by Gasteiger charge is 2.32. The lowest BCUT2D eigenvalue weighted by atomic mass is 10.0. The molecule has 4 heteroatoms. The minimum atomic E-state index is -0.482. The predicted octanol–water partition coefficient (Wildman–Crippen LogP) is 2.23. The molecular formula is C14H21NO3. The molecule has 1 aromatic rings. The summed E-state index contributed by atoms with van der Waals surface area (Å²) in [7, 11) is 0. The Morgan fingerprint density at radius 2 is 2.22 bits per heavy atom. The van der Waals surface area contributed by atoms with E-state index in [0.29, 0.717) is 0 Å². The molecule has 1 aliphatic carbocycles. The maximum absolute atomic E-state index is 12.1. The maximum Gasteiger partial charge on any atom is 0.226 e. The zero-order chi connectivity index (χ0) is 13.3. The fourth-order valence-corrected chi connectivity index (χ4v) is 2.72. The van der Waals surface area contributed by atoms with Crippen molar-refractivity contribution in [3.63, 3.8) is 0 Å². The molecule has 1 aliphatic rings. The van der Waals surface area contributed by atoms with Gasteiger partial charge in [0.1, 0.15) is 11.5 Å². The standard InChI is InChI=1S/C14H21NO3/c1-8-7-12(10(3)18-8)9(2)15-14(17)11-5-4-6-13(11)16/h7,9,11,13,16H,4-6H2,1-3H3,(H,15,17). The van der Waals surface area contributed by atoms with Crippen LogP contribution in [-0.4, -0.2) is 17.1 Å². The van der Waals surface area contributed by atoms with Crippen molar-refractivity contribution in [2.24, 2.45) is 5.92 Å². The summed E-state index contributed by atoms with van der Waals surface area (Å²) in [5.74, 6) is 1.39. The van der Waals surface area contributed by atoms with Crippen LogP contribution < -0.4 is 5.32 Å². The first-order valence-corrected chi connectivity index (χ1v) is 6.54. The van der Waals surface area contributed by atoms with Gasteiger partial charge in [0.05, 0.1) is 18.1 Å². The van der Waals surface area contributed by atoms with Crippen molar-refractivity contribution in [2.75, 3.05) is 0 Å². The van der Waals surface area contributed by atoms with Crippen molar-refractivity contribution < 1.29 is 14.3 Å². The highest BCUT2D eigenvalue weighted by atomic mass is 16.3. The van der Waals surface area contributed by atoms with Gasteiger partial charge in [0, 0.05) is 5.56 Å². The van der Waals surface area contributed by atoms with Gasteiger partial charge in [0.15, 0.2) is 0 Å². The third-order valence-electron chi connectivity index (χ3n) is 3.72. The van der Waals surface area contributed by atoms with Crippen molar-refractivity contribution in [1.29, 1.82) is 0 Å². The zero-order valence-electron chi connectivity index (χ0n) is 11.2. The number of aryl methyl sites for hydroxylation is 2. The molecule has 1 heterocycles. The molecular weight excluding hydrogens is 230 g/mol. The van der Waals surface area contributed by atoms with E-state index >= 15 is 0 Å². The second-order valence-electron chi connectivity index (χ2n) is 5.20. The van der Waals surface area contributed by atoms with Crippen LogP contribution in [0.15, 0.2) is 10.5 Å². The summed E-state index contributed by atoms with van der Waals surface area (Å²) in [6.07, 6.45) is 1.96. The molecule has 1 fully saturated rings. The number of carbonyl (C=O) groups is 1. The van der Waals surface area contributed by atoms with Gasteiger partial charge in [-0.1, -0.05) is 0 Å². The lowest BCUT2D eigenvalue weighted by Crippen LogP contribution is -2.36. The fourth-order valence-electron chi connectivity index (χ4n) is 2.72. The van der Waals surface area contributed by atoms with E-state index < -0.39 is 6.10 Å². The van der Waals surface area contributed by atoms with Crippen LogP contribution in [0, 0.1) is 19.8 Å². The van der Waals surface area contributed by atoms with Gasteiger partial charge in [0.25, 0.3) is 0 Å². The Hall–Kier alpha value is -1.29. The summed E-state index contributed by atoms with van der Waals surface area (Å²) in [5.41, 5.74) is 1.01. The Bertz CT molecular complexity index is 438. The topological polar surface area (TPSA) is 62.5 Å². The van der Waals surface area contributed by atoms with Crippen molar-refractivity contribution in [2.45, 2.75) is 52.2 Å². The number of aliphatic hydroxyl groups is 1. The number of rotatable bonds is 3. The third-order valence-corrected chi connectivity index (χ3v) is 3.72. The third kappa shape index (κ3) is 2.58. The van der Waals surface area contributed by atoms with Crippen LogP contribution in [0.25, 0.3) is 0 Å². The van der Waals surface area contributed by atoms with Crippen molar-refractivity contribution in [1.82, 2.24) is 5.32 Å². The number of hydrogen-bond acceptors (Lipinski definition) is 3. The molecule has 18 heavy (non-hydrogen) atoms. The molecule has 2 rings (SSSR count). The number of carbonyl (C=O) groups excluding carboxylic acids is 1. The van der Waals surface area contributed by atoms with Gasteiger partial charge in [-0.2, -0.15) is 0 Å². The normalized spacial score (nSPS) is 25.1. The molecule has 0 aliphatic heterocycles. The van der Waals surface area contributed by atoms with Gasteiger partial charge in [0.2, 0.25) is 5.91 Å². The smallest absolute Gasteiger partial charge is 0.226 e. The average molecular weight is 251 g/mol. The highest BCUT2D eigenvalue weighted by molar-refractivity contribution is 5.80. The summed E-state index contributed by atoms with van der Waals surface area (Å²) >= 11 is 0. The van der Waals surface area contributed by atoms with Crippen molar-refractivity contribution in [3.05, 3.63) is 23.2 Å². The van der Waals surface area contributed by atoms with Gasteiger partial charge in [-0.05, 0) is 46.1 Å². The monoisotopic (exact) mass is 251 g/mol. The number of furan rings is 1. The van der Waals surface area contributed by atoms with E-state index in [1.165, 1.54) is 0 Å². The van der Waals surface area contributed by atoms with E-state index in [9.17, 15) is 9.90 Å². The second-order valence-corrected chi connectivity index (χ2v) is 5.20. The first-order valence-electron chi connectivity index (χ1n) is 6.54. The zero-order valence-corrected chi connectivity index (χ0v) is 11.2. The van der Waals surface area contributed by atoms with E-state index in [2.05, 4.69) is 5.32 Å². The van der Waals surface area contributed by atoms with Crippen LogP contribution in [0.3, 0.4) is 0 Å². The predicted molar refractivity (Wildman–Crippen MR) is 68.1 cm³/mol. The lowest BCUT2D eigenvalue weighted by Gasteiger charge is -2.18. The maximum atomic E-state index is 12.1. The van der Waals surface area contributed by atoms with Crippen molar-refractivity contribution >= 4 is 5.91 Å². The summed E-state index contributed by atoms with van der Waals surface area (Å²) in [5, 5.41) is 12.7. The molecule has 4 nitrogen and oxygen atoms in total. The summed E-state index contributed by atoms with van der Waals surface area (Å²) < 4.78 is 5.46. The minimum absolute atomic E-state index is 0.0502. The Morgan fingerprint density at radius 3 is 2.72 bits per heavy atom. The lowest BCUT2D eigenvalue weighted by molar-refractivity contribution is -0.128. The van der Waals surface area contributed by atoms with Crippen LogP contribution in [0.1, 0.15) is 49.3 Å². The Labute approximate surface area is 107 Å². The van der Waals surface area contributed by atoms with E-state index in [-0.39, 0.29) is 17.9 Å². The van der Waals surface area contributed by atoms with Gasteiger partial charge in [-0.15, -0.1) is 0 Å². The molecule has 0 aromatic carbocycles. The molecule has 0 spiro atoms. The van der Waals surface area contributed by atoms with E-state index in [4.69, 9.17) is 4.42 Å². The average Bonchev–Trinajstić information content (AvgIpc) is 2.84. The number of nitrogens with one attached hydrogen (secondary N) is 1. The SMILES string of the molecule is Cc1cc(C(C)NC(=O)C2CCCC2O)c(C)o1. The number of aliphatic hydroxyl groups excluding tert-OH is 1. The van der Waals surface area contributed by atoms with Gasteiger partial charge >= 0.3 is 0 Å². The molecule has 0 bridgehead atoms. The molecule has 0 radical (unpaired) electrons. The van der Waals surface area contributed by atoms with E-state index in [1.54, 1.807) is 0 Å². The minimum Gasteiger partial charge on any atom is -0.466 e. The first-order chi connectivity index (χ1) is 8.49. The van der Waals surface area contributed by atoms with Gasteiger partial charge in [-0.3, -0.25) is 4.79 Å². The number of amides is 1. The Morgan fingerprint density at radius 1 is 1.50 bits per heavy atom.